The molecule has 3 atom stereocenters. The lowest BCUT2D eigenvalue weighted by Gasteiger charge is -2.37. The Balaban J connectivity index is 1.47. The first-order valence-electron chi connectivity index (χ1n) is 12.3. The lowest BCUT2D eigenvalue weighted by Crippen LogP contribution is -2.37. The van der Waals surface area contributed by atoms with Gasteiger partial charge in [-0.25, -0.2) is 13.1 Å². The Morgan fingerprint density at radius 2 is 1.62 bits per heavy atom. The minimum atomic E-state index is -3.58. The van der Waals surface area contributed by atoms with Gasteiger partial charge in [-0.1, -0.05) is 72.8 Å². The number of benzene rings is 3. The van der Waals surface area contributed by atoms with Crippen LogP contribution >= 0.6 is 0 Å². The average molecular weight is 523 g/mol. The highest BCUT2D eigenvalue weighted by molar-refractivity contribution is 7.89. The number of aliphatic hydroxyl groups excluding tert-OH is 1. The van der Waals surface area contributed by atoms with E-state index in [0.29, 0.717) is 6.42 Å². The number of sulfonamides is 1. The van der Waals surface area contributed by atoms with Crippen molar-refractivity contribution in [2.45, 2.75) is 43.0 Å². The number of hydrogen-bond donors (Lipinski definition) is 2. The van der Waals surface area contributed by atoms with E-state index in [1.165, 1.54) is 0 Å². The molecule has 0 bridgehead atoms. The van der Waals surface area contributed by atoms with Crippen molar-refractivity contribution in [3.63, 3.8) is 0 Å². The summed E-state index contributed by atoms with van der Waals surface area (Å²) >= 11 is 0. The van der Waals surface area contributed by atoms with Crippen molar-refractivity contribution >= 4 is 10.0 Å². The summed E-state index contributed by atoms with van der Waals surface area (Å²) in [5.41, 5.74) is 3.59. The van der Waals surface area contributed by atoms with E-state index in [4.69, 9.17) is 9.47 Å². The Morgan fingerprint density at radius 1 is 0.973 bits per heavy atom. The van der Waals surface area contributed by atoms with E-state index < -0.39 is 16.3 Å². The lowest BCUT2D eigenvalue weighted by molar-refractivity contribution is -0.252. The first-order valence-corrected chi connectivity index (χ1v) is 13.8. The molecule has 0 amide bonds. The van der Waals surface area contributed by atoms with Crippen molar-refractivity contribution in [2.75, 3.05) is 20.1 Å². The van der Waals surface area contributed by atoms with Crippen LogP contribution in [0.4, 0.5) is 0 Å². The molecule has 7 nitrogen and oxygen atoms in total. The smallest absolute Gasteiger partial charge is 0.240 e. The van der Waals surface area contributed by atoms with Gasteiger partial charge in [0.1, 0.15) is 0 Å². The number of ether oxygens (including phenoxy) is 2. The molecule has 0 aliphatic carbocycles. The van der Waals surface area contributed by atoms with Gasteiger partial charge in [-0.2, -0.15) is 0 Å². The van der Waals surface area contributed by atoms with Crippen molar-refractivity contribution in [1.82, 2.24) is 9.62 Å². The number of hydrogen-bond acceptors (Lipinski definition) is 6. The molecule has 1 fully saturated rings. The highest BCUT2D eigenvalue weighted by atomic mass is 32.2. The molecule has 0 aromatic heterocycles. The van der Waals surface area contributed by atoms with Crippen molar-refractivity contribution in [3.8, 4) is 0 Å². The monoisotopic (exact) mass is 522 g/mol. The predicted octanol–water partition coefficient (Wildman–Crippen LogP) is 4.32. The van der Waals surface area contributed by atoms with Crippen molar-refractivity contribution in [3.05, 3.63) is 114 Å². The highest BCUT2D eigenvalue weighted by Gasteiger charge is 2.32. The summed E-state index contributed by atoms with van der Waals surface area (Å²) in [7, 11) is -1.55. The van der Waals surface area contributed by atoms with E-state index in [0.717, 1.165) is 35.3 Å². The first-order chi connectivity index (χ1) is 17.9. The van der Waals surface area contributed by atoms with Crippen LogP contribution in [-0.2, 0) is 32.6 Å². The van der Waals surface area contributed by atoms with E-state index in [2.05, 4.69) is 16.2 Å². The third-order valence-electron chi connectivity index (χ3n) is 6.34. The van der Waals surface area contributed by atoms with Gasteiger partial charge in [0.2, 0.25) is 10.0 Å². The normalized spacial score (nSPS) is 20.1. The zero-order chi connectivity index (χ0) is 26.3. The molecular weight excluding hydrogens is 488 g/mol. The maximum absolute atomic E-state index is 12.5. The molecule has 1 heterocycles. The van der Waals surface area contributed by atoms with Gasteiger partial charge in [-0.3, -0.25) is 0 Å². The van der Waals surface area contributed by atoms with Crippen LogP contribution in [0.15, 0.2) is 96.4 Å². The van der Waals surface area contributed by atoms with Gasteiger partial charge in [0, 0.05) is 31.6 Å². The minimum Gasteiger partial charge on any atom is -0.392 e. The number of rotatable bonds is 11. The van der Waals surface area contributed by atoms with Crippen LogP contribution in [0.2, 0.25) is 0 Å². The summed E-state index contributed by atoms with van der Waals surface area (Å²) in [4.78, 5) is 2.40. The second-order valence-electron chi connectivity index (χ2n) is 9.24. The van der Waals surface area contributed by atoms with E-state index in [9.17, 15) is 13.5 Å². The molecule has 1 aliphatic heterocycles. The fraction of sp³-hybridized carbons (Fsp3) is 0.310. The van der Waals surface area contributed by atoms with Gasteiger partial charge in [0.25, 0.3) is 0 Å². The summed E-state index contributed by atoms with van der Waals surface area (Å²) in [5, 5.41) is 9.38. The topological polar surface area (TPSA) is 88.1 Å². The molecule has 0 radical (unpaired) electrons. The Hall–Kier alpha value is -2.85. The first kappa shape index (κ1) is 27.2. The fourth-order valence-corrected chi connectivity index (χ4v) is 5.37. The van der Waals surface area contributed by atoms with Gasteiger partial charge >= 0.3 is 0 Å². The molecule has 3 aromatic carbocycles. The number of aliphatic hydroxyl groups is 1. The zero-order valence-corrected chi connectivity index (χ0v) is 21.8. The molecule has 1 aliphatic rings. The molecule has 37 heavy (non-hydrogen) atoms. The summed E-state index contributed by atoms with van der Waals surface area (Å²) in [6, 6.07) is 23.7. The van der Waals surface area contributed by atoms with Crippen molar-refractivity contribution in [2.24, 2.45) is 0 Å². The molecule has 1 saturated heterocycles. The molecule has 4 rings (SSSR count). The van der Waals surface area contributed by atoms with Crippen LogP contribution in [0.5, 0.6) is 0 Å². The van der Waals surface area contributed by atoms with E-state index >= 15 is 0 Å². The maximum atomic E-state index is 12.5. The molecule has 3 aromatic rings. The average Bonchev–Trinajstić information content (AvgIpc) is 2.93. The van der Waals surface area contributed by atoms with Gasteiger partial charge in [-0.05, 0) is 35.9 Å². The summed E-state index contributed by atoms with van der Waals surface area (Å²) < 4.78 is 40.4. The molecule has 0 spiro atoms. The Bertz CT molecular complexity index is 1250. The SMILES string of the molecule is C=CCN(C)C[C@H]1C[C@@H](c2ccc(CO)cc2)O[C@@H](c2ccc(CNS(=O)(=O)c3ccccc3)cc2)O1. The van der Waals surface area contributed by atoms with Crippen LogP contribution in [0.25, 0.3) is 0 Å². The van der Waals surface area contributed by atoms with Crippen molar-refractivity contribution in [1.29, 1.82) is 0 Å². The second-order valence-corrected chi connectivity index (χ2v) is 11.0. The van der Waals surface area contributed by atoms with E-state index in [1.54, 1.807) is 30.3 Å². The predicted molar refractivity (Wildman–Crippen MR) is 143 cm³/mol. The van der Waals surface area contributed by atoms with Crippen LogP contribution < -0.4 is 4.72 Å². The van der Waals surface area contributed by atoms with Crippen LogP contribution in [-0.4, -0.2) is 44.7 Å². The third kappa shape index (κ3) is 7.35. The summed E-state index contributed by atoms with van der Waals surface area (Å²) in [6.45, 7) is 5.49. The number of nitrogens with zero attached hydrogens (tertiary/aromatic N) is 1. The van der Waals surface area contributed by atoms with Crippen LogP contribution in [0, 0.1) is 0 Å². The Morgan fingerprint density at radius 3 is 2.27 bits per heavy atom. The van der Waals surface area contributed by atoms with Crippen LogP contribution in [0.1, 0.15) is 41.1 Å². The Kier molecular flexibility index (Phi) is 9.26. The maximum Gasteiger partial charge on any atom is 0.240 e. The summed E-state index contributed by atoms with van der Waals surface area (Å²) in [6.07, 6.45) is 1.80. The molecular formula is C29H34N2O5S. The molecule has 196 valence electrons. The minimum absolute atomic E-state index is 0.000365. The second kappa shape index (κ2) is 12.6. The van der Waals surface area contributed by atoms with Gasteiger partial charge in [-0.15, -0.1) is 6.58 Å². The van der Waals surface area contributed by atoms with Crippen LogP contribution in [0.3, 0.4) is 0 Å². The van der Waals surface area contributed by atoms with E-state index in [1.807, 2.05) is 61.7 Å². The molecule has 2 N–H and O–H groups in total. The van der Waals surface area contributed by atoms with Crippen molar-refractivity contribution < 1.29 is 23.0 Å². The molecule has 0 unspecified atom stereocenters. The standard InChI is InChI=1S/C29H34N2O5S/c1-3-17-31(2)20-26-18-28(24-13-11-23(21-32)12-14-24)36-29(35-26)25-15-9-22(10-16-25)19-30-37(33,34)27-7-5-4-6-8-27/h3-16,26,28-30,32H,1,17-21H2,2H3/t26-,28+,29+/m1/s1. The highest BCUT2D eigenvalue weighted by Crippen LogP contribution is 2.38. The Labute approximate surface area is 219 Å². The zero-order valence-electron chi connectivity index (χ0n) is 21.0. The quantitative estimate of drug-likeness (QED) is 0.365. The van der Waals surface area contributed by atoms with E-state index in [-0.39, 0.29) is 30.3 Å². The third-order valence-corrected chi connectivity index (χ3v) is 7.76. The number of likely N-dealkylation sites (N-methyl/N-ethyl adjacent to an activating group) is 1. The van der Waals surface area contributed by atoms with Gasteiger partial charge in [0.05, 0.1) is 23.7 Å². The lowest BCUT2D eigenvalue weighted by atomic mass is 9.99. The largest absolute Gasteiger partial charge is 0.392 e. The summed E-state index contributed by atoms with van der Waals surface area (Å²) in [5.74, 6) is 0. The molecule has 8 heteroatoms. The number of nitrogens with one attached hydrogen (secondary N) is 1. The fourth-order valence-electron chi connectivity index (χ4n) is 4.33. The molecule has 0 saturated carbocycles. The van der Waals surface area contributed by atoms with Gasteiger partial charge in [0.15, 0.2) is 6.29 Å². The van der Waals surface area contributed by atoms with Gasteiger partial charge < -0.3 is 19.5 Å².